The second kappa shape index (κ2) is 5.32. The number of rotatable bonds is 3. The monoisotopic (exact) mass is 336 g/mol. The third kappa shape index (κ3) is 1.91. The van der Waals surface area contributed by atoms with Gasteiger partial charge in [0.15, 0.2) is 0 Å². The molecule has 0 aromatic carbocycles. The molecule has 0 spiro atoms. The van der Waals surface area contributed by atoms with Gasteiger partial charge in [0.2, 0.25) is 0 Å². The minimum absolute atomic E-state index is 0.0586. The first-order valence-electron chi connectivity index (χ1n) is 8.76. The summed E-state index contributed by atoms with van der Waals surface area (Å²) >= 11 is 0. The van der Waals surface area contributed by atoms with Crippen LogP contribution in [0.5, 0.6) is 0 Å². The summed E-state index contributed by atoms with van der Waals surface area (Å²) in [7, 11) is 0. The van der Waals surface area contributed by atoms with Gasteiger partial charge in [-0.3, -0.25) is 9.59 Å². The number of aliphatic hydroxyl groups is 1. The molecule has 3 rings (SSSR count). The number of hydrogen-bond acceptors (Lipinski definition) is 5. The van der Waals surface area contributed by atoms with Gasteiger partial charge in [0, 0.05) is 30.6 Å². The lowest BCUT2D eigenvalue weighted by atomic mass is 9.58. The molecule has 0 aromatic heterocycles. The lowest BCUT2D eigenvalue weighted by Gasteiger charge is -2.46. The zero-order chi connectivity index (χ0) is 17.9. The van der Waals surface area contributed by atoms with Gasteiger partial charge in [-0.15, -0.1) is 0 Å². The van der Waals surface area contributed by atoms with E-state index in [0.29, 0.717) is 0 Å². The summed E-state index contributed by atoms with van der Waals surface area (Å²) in [5.74, 6) is -0.704. The first-order chi connectivity index (χ1) is 11.1. The highest BCUT2D eigenvalue weighted by Crippen LogP contribution is 2.77. The number of ether oxygens (including phenoxy) is 2. The zero-order valence-corrected chi connectivity index (χ0v) is 15.2. The standard InChI is InChI=1S/C19H28O5/c1-11(21)23-14-7-9-18(4)17(3)8-6-13(10-20)15(19(14,18)5)16(17)24-12(2)22/h6,14-16,20H,7-10H2,1-5H3. The van der Waals surface area contributed by atoms with Gasteiger partial charge < -0.3 is 14.6 Å². The van der Waals surface area contributed by atoms with Crippen LogP contribution in [-0.4, -0.2) is 35.9 Å². The third-order valence-electron chi connectivity index (χ3n) is 7.57. The Kier molecular flexibility index (Phi) is 3.87. The molecule has 134 valence electrons. The fourth-order valence-electron chi connectivity index (χ4n) is 6.10. The Balaban J connectivity index is 2.15. The molecule has 6 atom stereocenters. The second-order valence-corrected chi connectivity index (χ2v) is 8.32. The molecule has 2 bridgehead atoms. The first kappa shape index (κ1) is 17.5. The molecular weight excluding hydrogens is 308 g/mol. The Hall–Kier alpha value is -1.36. The van der Waals surface area contributed by atoms with E-state index in [9.17, 15) is 14.7 Å². The van der Waals surface area contributed by atoms with Crippen molar-refractivity contribution in [1.29, 1.82) is 0 Å². The summed E-state index contributed by atoms with van der Waals surface area (Å²) in [6.07, 6.45) is 4.07. The van der Waals surface area contributed by atoms with Gasteiger partial charge in [-0.25, -0.2) is 0 Å². The summed E-state index contributed by atoms with van der Waals surface area (Å²) in [4.78, 5) is 23.4. The number of esters is 2. The van der Waals surface area contributed by atoms with Crippen LogP contribution in [0.1, 0.15) is 53.9 Å². The molecule has 5 nitrogen and oxygen atoms in total. The molecule has 0 heterocycles. The lowest BCUT2D eigenvalue weighted by Crippen LogP contribution is -2.45. The number of hydrogen-bond donors (Lipinski definition) is 1. The molecule has 0 aromatic rings. The average molecular weight is 336 g/mol. The van der Waals surface area contributed by atoms with Gasteiger partial charge in [-0.1, -0.05) is 26.8 Å². The van der Waals surface area contributed by atoms with E-state index in [1.54, 1.807) is 0 Å². The maximum Gasteiger partial charge on any atom is 0.302 e. The highest BCUT2D eigenvalue weighted by atomic mass is 16.6. The van der Waals surface area contributed by atoms with Gasteiger partial charge in [0.1, 0.15) is 12.2 Å². The molecule has 2 fully saturated rings. The largest absolute Gasteiger partial charge is 0.462 e. The SMILES string of the molecule is CC(=O)OC1C2C(CO)=CCC1(C)C1(C)CCC(OC(C)=O)C21C. The van der Waals surface area contributed by atoms with Crippen LogP contribution in [-0.2, 0) is 19.1 Å². The van der Waals surface area contributed by atoms with Gasteiger partial charge in [0.25, 0.3) is 0 Å². The van der Waals surface area contributed by atoms with Crippen molar-refractivity contribution < 1.29 is 24.2 Å². The predicted octanol–water partition coefficient (Wildman–Crippen LogP) is 2.61. The highest BCUT2D eigenvalue weighted by Gasteiger charge is 2.77. The van der Waals surface area contributed by atoms with E-state index in [4.69, 9.17) is 9.47 Å². The molecule has 1 N–H and O–H groups in total. The van der Waals surface area contributed by atoms with Crippen LogP contribution in [0.25, 0.3) is 0 Å². The van der Waals surface area contributed by atoms with Gasteiger partial charge in [0.05, 0.1) is 6.61 Å². The van der Waals surface area contributed by atoms with Crippen molar-refractivity contribution >= 4 is 11.9 Å². The van der Waals surface area contributed by atoms with E-state index in [0.717, 1.165) is 24.8 Å². The van der Waals surface area contributed by atoms with Crippen LogP contribution in [0, 0.1) is 22.2 Å². The summed E-state index contributed by atoms with van der Waals surface area (Å²) in [6, 6.07) is 0. The first-order valence-corrected chi connectivity index (χ1v) is 8.76. The fraction of sp³-hybridized carbons (Fsp3) is 0.789. The summed E-state index contributed by atoms with van der Waals surface area (Å²) in [5, 5.41) is 9.92. The van der Waals surface area contributed by atoms with E-state index < -0.39 is 0 Å². The molecular formula is C19H28O5. The summed E-state index contributed by atoms with van der Waals surface area (Å²) in [5.41, 5.74) is 0.173. The van der Waals surface area contributed by atoms with Crippen LogP contribution >= 0.6 is 0 Å². The van der Waals surface area contributed by atoms with Gasteiger partial charge >= 0.3 is 11.9 Å². The predicted molar refractivity (Wildman–Crippen MR) is 87.9 cm³/mol. The molecule has 24 heavy (non-hydrogen) atoms. The average Bonchev–Trinajstić information content (AvgIpc) is 2.78. The minimum Gasteiger partial charge on any atom is -0.462 e. The van der Waals surface area contributed by atoms with Crippen molar-refractivity contribution in [2.75, 3.05) is 6.61 Å². The van der Waals surface area contributed by atoms with Crippen LogP contribution in [0.15, 0.2) is 11.6 Å². The van der Waals surface area contributed by atoms with E-state index in [1.165, 1.54) is 13.8 Å². The van der Waals surface area contributed by atoms with E-state index in [-0.39, 0.29) is 52.9 Å². The number of carbonyl (C=O) groups excluding carboxylic acids is 2. The molecule has 0 amide bonds. The van der Waals surface area contributed by atoms with Crippen LogP contribution in [0.2, 0.25) is 0 Å². The normalized spacial score (nSPS) is 46.2. The molecule has 0 radical (unpaired) electrons. The van der Waals surface area contributed by atoms with Crippen molar-refractivity contribution in [2.24, 2.45) is 22.2 Å². The molecule has 0 saturated heterocycles. The maximum atomic E-state index is 11.8. The van der Waals surface area contributed by atoms with E-state index >= 15 is 0 Å². The topological polar surface area (TPSA) is 72.8 Å². The van der Waals surface area contributed by atoms with Crippen LogP contribution in [0.4, 0.5) is 0 Å². The number of allylic oxidation sites excluding steroid dienone is 1. The Morgan fingerprint density at radius 3 is 2.38 bits per heavy atom. The minimum atomic E-state index is -0.363. The molecule has 3 aliphatic rings. The fourth-order valence-corrected chi connectivity index (χ4v) is 6.10. The Morgan fingerprint density at radius 1 is 1.21 bits per heavy atom. The third-order valence-corrected chi connectivity index (χ3v) is 7.57. The van der Waals surface area contributed by atoms with Crippen LogP contribution < -0.4 is 0 Å². The second-order valence-electron chi connectivity index (χ2n) is 8.32. The Morgan fingerprint density at radius 2 is 1.83 bits per heavy atom. The quantitative estimate of drug-likeness (QED) is 0.633. The zero-order valence-electron chi connectivity index (χ0n) is 15.2. The Bertz CT molecular complexity index is 611. The van der Waals surface area contributed by atoms with E-state index in [1.807, 2.05) is 0 Å². The molecule has 5 heteroatoms. The Labute approximate surface area is 143 Å². The van der Waals surface area contributed by atoms with Crippen molar-refractivity contribution in [2.45, 2.75) is 66.1 Å². The highest BCUT2D eigenvalue weighted by molar-refractivity contribution is 5.67. The summed E-state index contributed by atoms with van der Waals surface area (Å²) < 4.78 is 11.5. The lowest BCUT2D eigenvalue weighted by molar-refractivity contribution is -0.159. The van der Waals surface area contributed by atoms with Gasteiger partial charge in [-0.05, 0) is 30.3 Å². The van der Waals surface area contributed by atoms with Crippen molar-refractivity contribution in [3.05, 3.63) is 11.6 Å². The summed E-state index contributed by atoms with van der Waals surface area (Å²) in [6.45, 7) is 9.38. The smallest absolute Gasteiger partial charge is 0.302 e. The number of fused-ring (bicyclic) bond motifs is 5. The maximum absolute atomic E-state index is 11.8. The van der Waals surface area contributed by atoms with E-state index in [2.05, 4.69) is 26.8 Å². The number of carbonyl (C=O) groups is 2. The van der Waals surface area contributed by atoms with Crippen molar-refractivity contribution in [3.8, 4) is 0 Å². The molecule has 2 saturated carbocycles. The molecule has 3 aliphatic carbocycles. The number of aliphatic hydroxyl groups excluding tert-OH is 1. The molecule has 0 aliphatic heterocycles. The van der Waals surface area contributed by atoms with Crippen molar-refractivity contribution in [1.82, 2.24) is 0 Å². The van der Waals surface area contributed by atoms with Crippen molar-refractivity contribution in [3.63, 3.8) is 0 Å². The molecule has 6 unspecified atom stereocenters. The van der Waals surface area contributed by atoms with Crippen LogP contribution in [0.3, 0.4) is 0 Å². The van der Waals surface area contributed by atoms with Gasteiger partial charge in [-0.2, -0.15) is 0 Å².